The van der Waals surface area contributed by atoms with E-state index in [1.165, 1.54) is 24.7 Å². The Hall–Kier alpha value is -1.90. The highest BCUT2D eigenvalue weighted by Gasteiger charge is 2.28. The van der Waals surface area contributed by atoms with Crippen LogP contribution in [0.3, 0.4) is 0 Å². The highest BCUT2D eigenvalue weighted by molar-refractivity contribution is 7.84. The molecule has 0 unspecified atom stereocenters. The first-order chi connectivity index (χ1) is 9.85. The van der Waals surface area contributed by atoms with Crippen LogP contribution in [0.1, 0.15) is 5.56 Å². The molecule has 0 aliphatic rings. The molecule has 2 rings (SSSR count). The van der Waals surface area contributed by atoms with E-state index in [-0.39, 0.29) is 5.75 Å². The van der Waals surface area contributed by atoms with Crippen molar-refractivity contribution in [2.24, 2.45) is 0 Å². The van der Waals surface area contributed by atoms with Gasteiger partial charge in [0, 0.05) is 6.26 Å². The van der Waals surface area contributed by atoms with Crippen LogP contribution in [0.5, 0.6) is 5.75 Å². The maximum Gasteiger partial charge on any atom is 0.422 e. The zero-order valence-corrected chi connectivity index (χ0v) is 11.8. The predicted octanol–water partition coefficient (Wildman–Crippen LogP) is 2.00. The number of benzene rings is 1. The fourth-order valence-corrected chi connectivity index (χ4v) is 2.23. The van der Waals surface area contributed by atoms with E-state index in [2.05, 4.69) is 14.9 Å². The van der Waals surface area contributed by atoms with Gasteiger partial charge in [0.25, 0.3) is 0 Å². The maximum atomic E-state index is 12.0. The fraction of sp³-hybridized carbons (Fsp3) is 0.333. The Labute approximate surface area is 121 Å². The van der Waals surface area contributed by atoms with Crippen LogP contribution < -0.4 is 4.74 Å². The lowest BCUT2D eigenvalue weighted by atomic mass is 10.2. The Balaban J connectivity index is 2.02. The van der Waals surface area contributed by atoms with Gasteiger partial charge in [0.05, 0.1) is 17.3 Å². The van der Waals surface area contributed by atoms with Crippen LogP contribution in [-0.4, -0.2) is 38.0 Å². The van der Waals surface area contributed by atoms with Crippen LogP contribution in [0, 0.1) is 0 Å². The monoisotopic (exact) mass is 319 g/mol. The standard InChI is InChI=1S/C12H12F3N3O2S/c1-21(19)11-17-16-8-18(11)6-9-2-4-10(5-3-9)20-7-12(13,14)15/h2-5,8H,6-7H2,1H3/t21-/m0/s1. The quantitative estimate of drug-likeness (QED) is 0.846. The second-order valence-corrected chi connectivity index (χ2v) is 5.52. The lowest BCUT2D eigenvalue weighted by Crippen LogP contribution is -2.19. The molecule has 0 saturated heterocycles. The summed E-state index contributed by atoms with van der Waals surface area (Å²) in [5.74, 6) is 0.138. The molecule has 0 aliphatic carbocycles. The van der Waals surface area contributed by atoms with Crippen LogP contribution in [0.4, 0.5) is 13.2 Å². The SMILES string of the molecule is C[S@](=O)c1nncn1Cc1ccc(OCC(F)(F)F)cc1. The van der Waals surface area contributed by atoms with Crippen molar-refractivity contribution in [2.45, 2.75) is 17.9 Å². The first-order valence-corrected chi connectivity index (χ1v) is 7.41. The summed E-state index contributed by atoms with van der Waals surface area (Å²) in [6.07, 6.45) is -1.42. The molecule has 2 aromatic rings. The van der Waals surface area contributed by atoms with E-state index in [4.69, 9.17) is 0 Å². The molecule has 21 heavy (non-hydrogen) atoms. The summed E-state index contributed by atoms with van der Waals surface area (Å²) in [7, 11) is -1.26. The largest absolute Gasteiger partial charge is 0.484 e. The van der Waals surface area contributed by atoms with E-state index < -0.39 is 23.6 Å². The molecule has 1 atom stereocenters. The van der Waals surface area contributed by atoms with Gasteiger partial charge >= 0.3 is 6.18 Å². The van der Waals surface area contributed by atoms with Crippen molar-refractivity contribution in [2.75, 3.05) is 12.9 Å². The van der Waals surface area contributed by atoms with E-state index in [1.807, 2.05) is 0 Å². The van der Waals surface area contributed by atoms with Crippen molar-refractivity contribution in [3.63, 3.8) is 0 Å². The first kappa shape index (κ1) is 15.5. The summed E-state index contributed by atoms with van der Waals surface area (Å²) in [6.45, 7) is -0.946. The normalized spacial score (nSPS) is 13.1. The minimum absolute atomic E-state index is 0.138. The lowest BCUT2D eigenvalue weighted by molar-refractivity contribution is -0.153. The Bertz CT molecular complexity index is 625. The smallest absolute Gasteiger partial charge is 0.422 e. The van der Waals surface area contributed by atoms with Gasteiger partial charge in [0.15, 0.2) is 6.61 Å². The van der Waals surface area contributed by atoms with Gasteiger partial charge in [-0.2, -0.15) is 13.2 Å². The number of ether oxygens (including phenoxy) is 1. The van der Waals surface area contributed by atoms with Gasteiger partial charge in [0.2, 0.25) is 5.16 Å². The highest BCUT2D eigenvalue weighted by atomic mass is 32.2. The molecule has 0 fully saturated rings. The van der Waals surface area contributed by atoms with Crippen LogP contribution in [0.25, 0.3) is 0 Å². The van der Waals surface area contributed by atoms with Crippen molar-refractivity contribution in [3.05, 3.63) is 36.2 Å². The predicted molar refractivity (Wildman–Crippen MR) is 69.4 cm³/mol. The summed E-state index contributed by atoms with van der Waals surface area (Å²) in [4.78, 5) is 0. The minimum atomic E-state index is -4.36. The van der Waals surface area contributed by atoms with Crippen LogP contribution >= 0.6 is 0 Å². The molecule has 1 aromatic carbocycles. The molecular weight excluding hydrogens is 307 g/mol. The van der Waals surface area contributed by atoms with E-state index in [0.29, 0.717) is 11.7 Å². The Morgan fingerprint density at radius 1 is 1.29 bits per heavy atom. The van der Waals surface area contributed by atoms with Crippen molar-refractivity contribution >= 4 is 10.8 Å². The summed E-state index contributed by atoms with van der Waals surface area (Å²) >= 11 is 0. The van der Waals surface area contributed by atoms with Gasteiger partial charge in [-0.1, -0.05) is 12.1 Å². The molecule has 0 spiro atoms. The van der Waals surface area contributed by atoms with Gasteiger partial charge in [0.1, 0.15) is 12.1 Å². The number of aromatic nitrogens is 3. The molecule has 0 amide bonds. The molecule has 0 bridgehead atoms. The third-order valence-corrected chi connectivity index (χ3v) is 3.35. The van der Waals surface area contributed by atoms with E-state index >= 15 is 0 Å². The van der Waals surface area contributed by atoms with Crippen LogP contribution in [0.15, 0.2) is 35.7 Å². The van der Waals surface area contributed by atoms with Gasteiger partial charge in [-0.25, -0.2) is 0 Å². The highest BCUT2D eigenvalue weighted by Crippen LogP contribution is 2.19. The fourth-order valence-electron chi connectivity index (χ4n) is 1.63. The lowest BCUT2D eigenvalue weighted by Gasteiger charge is -2.10. The molecule has 0 saturated carbocycles. The number of hydrogen-bond donors (Lipinski definition) is 0. The summed E-state index contributed by atoms with van der Waals surface area (Å²) < 4.78 is 53.7. The number of nitrogens with zero attached hydrogens (tertiary/aromatic N) is 3. The third kappa shape index (κ3) is 4.55. The van der Waals surface area contributed by atoms with Crippen LogP contribution in [-0.2, 0) is 17.3 Å². The van der Waals surface area contributed by atoms with Crippen LogP contribution in [0.2, 0.25) is 0 Å². The summed E-state index contributed by atoms with van der Waals surface area (Å²) in [5.41, 5.74) is 0.806. The van der Waals surface area contributed by atoms with E-state index in [0.717, 1.165) is 5.56 Å². The van der Waals surface area contributed by atoms with Gasteiger partial charge in [-0.15, -0.1) is 10.2 Å². The molecule has 5 nitrogen and oxygen atoms in total. The van der Waals surface area contributed by atoms with Crippen molar-refractivity contribution in [1.29, 1.82) is 0 Å². The summed E-state index contributed by atoms with van der Waals surface area (Å²) in [5, 5.41) is 7.77. The van der Waals surface area contributed by atoms with Gasteiger partial charge in [-0.3, -0.25) is 4.21 Å². The van der Waals surface area contributed by atoms with Gasteiger partial charge < -0.3 is 9.30 Å². The maximum absolute atomic E-state index is 12.0. The summed E-state index contributed by atoms with van der Waals surface area (Å²) in [6, 6.07) is 6.17. The number of alkyl halides is 3. The average Bonchev–Trinajstić information content (AvgIpc) is 2.85. The molecule has 114 valence electrons. The molecule has 0 radical (unpaired) electrons. The van der Waals surface area contributed by atoms with Gasteiger partial charge in [-0.05, 0) is 17.7 Å². The van der Waals surface area contributed by atoms with E-state index in [9.17, 15) is 17.4 Å². The van der Waals surface area contributed by atoms with Crippen molar-refractivity contribution < 1.29 is 22.1 Å². The average molecular weight is 319 g/mol. The number of rotatable bonds is 5. The Morgan fingerprint density at radius 2 is 1.95 bits per heavy atom. The molecule has 0 N–H and O–H groups in total. The Kier molecular flexibility index (Phi) is 4.61. The first-order valence-electron chi connectivity index (χ1n) is 5.85. The second kappa shape index (κ2) is 6.25. The third-order valence-electron chi connectivity index (χ3n) is 2.52. The second-order valence-electron chi connectivity index (χ2n) is 4.24. The van der Waals surface area contributed by atoms with Crippen molar-refractivity contribution in [3.8, 4) is 5.75 Å². The molecule has 1 heterocycles. The molecular formula is C12H12F3N3O2S. The number of halogens is 3. The Morgan fingerprint density at radius 3 is 2.52 bits per heavy atom. The molecule has 1 aromatic heterocycles. The van der Waals surface area contributed by atoms with E-state index in [1.54, 1.807) is 16.7 Å². The zero-order chi connectivity index (χ0) is 15.5. The van der Waals surface area contributed by atoms with Crippen molar-refractivity contribution in [1.82, 2.24) is 14.8 Å². The topological polar surface area (TPSA) is 57.0 Å². The number of hydrogen-bond acceptors (Lipinski definition) is 4. The molecule has 0 aliphatic heterocycles. The zero-order valence-electron chi connectivity index (χ0n) is 11.0. The minimum Gasteiger partial charge on any atom is -0.484 e. The molecule has 9 heteroatoms.